The first-order valence-electron chi connectivity index (χ1n) is 8.47. The molecule has 3 nitrogen and oxygen atoms in total. The summed E-state index contributed by atoms with van der Waals surface area (Å²) in [4.78, 5) is 4.73. The molecule has 1 fully saturated rings. The van der Waals surface area contributed by atoms with E-state index < -0.39 is 0 Å². The maximum absolute atomic E-state index is 6.11. The summed E-state index contributed by atoms with van der Waals surface area (Å²) in [6.07, 6.45) is 11.9. The average molecular weight is 288 g/mol. The third-order valence-electron chi connectivity index (χ3n) is 5.63. The van der Waals surface area contributed by atoms with Gasteiger partial charge in [-0.05, 0) is 50.8 Å². The quantitative estimate of drug-likeness (QED) is 0.921. The number of hydrogen-bond acceptors (Lipinski definition) is 3. The van der Waals surface area contributed by atoms with Crippen molar-refractivity contribution in [3.05, 3.63) is 29.6 Å². The van der Waals surface area contributed by atoms with Crippen molar-refractivity contribution in [1.82, 2.24) is 10.3 Å². The van der Waals surface area contributed by atoms with Crippen LogP contribution in [0, 0.1) is 0 Å². The van der Waals surface area contributed by atoms with E-state index in [1.807, 2.05) is 13.3 Å². The highest BCUT2D eigenvalue weighted by atomic mass is 16.5. The molecule has 116 valence electrons. The van der Waals surface area contributed by atoms with Gasteiger partial charge in [0.15, 0.2) is 0 Å². The lowest BCUT2D eigenvalue weighted by atomic mass is 9.70. The van der Waals surface area contributed by atoms with E-state index in [4.69, 9.17) is 9.72 Å². The van der Waals surface area contributed by atoms with Gasteiger partial charge < -0.3 is 10.1 Å². The maximum Gasteiger partial charge on any atom is 0.0837 e. The largest absolute Gasteiger partial charge is 0.377 e. The number of aromatic nitrogens is 1. The molecule has 2 aliphatic rings. The standard InChI is InChI=1S/C18H28N2O/c1-19-17(18(21-2)11-4-3-5-12-18)15-10-6-8-14-9-7-13-20-16(14)15/h7,9,13,15,17,19H,3-6,8,10-12H2,1-2H3. The molecule has 0 saturated heterocycles. The van der Waals surface area contributed by atoms with Gasteiger partial charge in [0.2, 0.25) is 0 Å². The monoisotopic (exact) mass is 288 g/mol. The van der Waals surface area contributed by atoms with Crippen LogP contribution in [0.25, 0.3) is 0 Å². The molecule has 3 rings (SSSR count). The Morgan fingerprint density at radius 2 is 2.10 bits per heavy atom. The Hall–Kier alpha value is -0.930. The van der Waals surface area contributed by atoms with Crippen molar-refractivity contribution in [2.24, 2.45) is 0 Å². The predicted molar refractivity (Wildman–Crippen MR) is 85.6 cm³/mol. The van der Waals surface area contributed by atoms with Crippen molar-refractivity contribution in [2.75, 3.05) is 14.2 Å². The van der Waals surface area contributed by atoms with Crippen LogP contribution in [0.2, 0.25) is 0 Å². The molecular formula is C18H28N2O. The van der Waals surface area contributed by atoms with Crippen LogP contribution in [0.3, 0.4) is 0 Å². The van der Waals surface area contributed by atoms with E-state index in [2.05, 4.69) is 24.5 Å². The third-order valence-corrected chi connectivity index (χ3v) is 5.63. The minimum atomic E-state index is -0.0101. The molecule has 1 heterocycles. The molecule has 21 heavy (non-hydrogen) atoms. The number of hydrogen-bond donors (Lipinski definition) is 1. The van der Waals surface area contributed by atoms with Gasteiger partial charge in [0, 0.05) is 31.0 Å². The second-order valence-corrected chi connectivity index (χ2v) is 6.64. The molecular weight excluding hydrogens is 260 g/mol. The lowest BCUT2D eigenvalue weighted by molar-refractivity contribution is -0.0736. The van der Waals surface area contributed by atoms with Gasteiger partial charge in [-0.1, -0.05) is 25.3 Å². The fourth-order valence-corrected chi connectivity index (χ4v) is 4.59. The average Bonchev–Trinajstić information content (AvgIpc) is 2.56. The number of rotatable bonds is 4. The highest BCUT2D eigenvalue weighted by Crippen LogP contribution is 2.42. The summed E-state index contributed by atoms with van der Waals surface area (Å²) in [6, 6.07) is 4.70. The summed E-state index contributed by atoms with van der Waals surface area (Å²) in [7, 11) is 4.00. The van der Waals surface area contributed by atoms with Crippen LogP contribution in [0.4, 0.5) is 0 Å². The fraction of sp³-hybridized carbons (Fsp3) is 0.722. The third kappa shape index (κ3) is 2.74. The number of pyridine rings is 1. The number of nitrogens with zero attached hydrogens (tertiary/aromatic N) is 1. The lowest BCUT2D eigenvalue weighted by Gasteiger charge is -2.46. The lowest BCUT2D eigenvalue weighted by Crippen LogP contribution is -2.55. The van der Waals surface area contributed by atoms with E-state index in [-0.39, 0.29) is 5.60 Å². The van der Waals surface area contributed by atoms with E-state index in [1.165, 1.54) is 62.6 Å². The van der Waals surface area contributed by atoms with Gasteiger partial charge in [0.1, 0.15) is 0 Å². The van der Waals surface area contributed by atoms with E-state index >= 15 is 0 Å². The van der Waals surface area contributed by atoms with Crippen molar-refractivity contribution >= 4 is 0 Å². The Labute approximate surface area is 128 Å². The van der Waals surface area contributed by atoms with E-state index in [1.54, 1.807) is 0 Å². The number of aryl methyl sites for hydroxylation is 1. The summed E-state index contributed by atoms with van der Waals surface area (Å²) in [5, 5.41) is 3.61. The van der Waals surface area contributed by atoms with Crippen molar-refractivity contribution in [3.8, 4) is 0 Å². The van der Waals surface area contributed by atoms with Crippen molar-refractivity contribution < 1.29 is 4.74 Å². The number of nitrogens with one attached hydrogen (secondary N) is 1. The summed E-state index contributed by atoms with van der Waals surface area (Å²) in [6.45, 7) is 0. The Morgan fingerprint density at radius 3 is 2.81 bits per heavy atom. The molecule has 2 atom stereocenters. The zero-order valence-corrected chi connectivity index (χ0v) is 13.4. The molecule has 1 aromatic heterocycles. The Bertz CT molecular complexity index is 468. The van der Waals surface area contributed by atoms with Gasteiger partial charge in [-0.2, -0.15) is 0 Å². The fourth-order valence-electron chi connectivity index (χ4n) is 4.59. The molecule has 0 radical (unpaired) electrons. The highest BCUT2D eigenvalue weighted by Gasteiger charge is 2.44. The zero-order valence-electron chi connectivity index (χ0n) is 13.4. The SMILES string of the molecule is CNC(C1CCCc2cccnc21)C1(OC)CCCCC1. The number of fused-ring (bicyclic) bond motifs is 1. The molecule has 0 bridgehead atoms. The van der Waals surface area contributed by atoms with E-state index in [0.717, 1.165) is 0 Å². The number of methoxy groups -OCH3 is 1. The number of likely N-dealkylation sites (N-methyl/N-ethyl adjacent to an activating group) is 1. The topological polar surface area (TPSA) is 34.2 Å². The first kappa shape index (κ1) is 15.0. The van der Waals surface area contributed by atoms with E-state index in [0.29, 0.717) is 12.0 Å². The van der Waals surface area contributed by atoms with Crippen LogP contribution in [-0.4, -0.2) is 30.8 Å². The Kier molecular flexibility index (Phi) is 4.60. The first-order chi connectivity index (χ1) is 10.3. The predicted octanol–water partition coefficient (Wildman–Crippen LogP) is 3.44. The van der Waals surface area contributed by atoms with Gasteiger partial charge >= 0.3 is 0 Å². The molecule has 3 heteroatoms. The van der Waals surface area contributed by atoms with Crippen LogP contribution in [0.5, 0.6) is 0 Å². The zero-order chi connectivity index (χ0) is 14.7. The van der Waals surface area contributed by atoms with E-state index in [9.17, 15) is 0 Å². The van der Waals surface area contributed by atoms with Crippen LogP contribution in [0.1, 0.15) is 62.1 Å². The van der Waals surface area contributed by atoms with Crippen LogP contribution in [-0.2, 0) is 11.2 Å². The summed E-state index contributed by atoms with van der Waals surface area (Å²) >= 11 is 0. The minimum absolute atomic E-state index is 0.0101. The molecule has 2 unspecified atom stereocenters. The Morgan fingerprint density at radius 1 is 1.29 bits per heavy atom. The number of ether oxygens (including phenoxy) is 1. The maximum atomic E-state index is 6.11. The van der Waals surface area contributed by atoms with Crippen molar-refractivity contribution in [3.63, 3.8) is 0 Å². The van der Waals surface area contributed by atoms with Gasteiger partial charge in [-0.15, -0.1) is 0 Å². The van der Waals surface area contributed by atoms with Crippen molar-refractivity contribution in [1.29, 1.82) is 0 Å². The normalized spacial score (nSPS) is 26.1. The smallest absolute Gasteiger partial charge is 0.0837 e. The minimum Gasteiger partial charge on any atom is -0.377 e. The molecule has 0 aromatic carbocycles. The molecule has 1 aromatic rings. The van der Waals surface area contributed by atoms with Crippen LogP contribution < -0.4 is 5.32 Å². The molecule has 0 aliphatic heterocycles. The Balaban J connectivity index is 1.93. The molecule has 1 N–H and O–H groups in total. The molecule has 0 spiro atoms. The summed E-state index contributed by atoms with van der Waals surface area (Å²) in [5.41, 5.74) is 2.74. The molecule has 2 aliphatic carbocycles. The summed E-state index contributed by atoms with van der Waals surface area (Å²) < 4.78 is 6.11. The first-order valence-corrected chi connectivity index (χ1v) is 8.47. The van der Waals surface area contributed by atoms with Gasteiger partial charge in [0.25, 0.3) is 0 Å². The van der Waals surface area contributed by atoms with Gasteiger partial charge in [-0.25, -0.2) is 0 Å². The second-order valence-electron chi connectivity index (χ2n) is 6.64. The molecule has 1 saturated carbocycles. The van der Waals surface area contributed by atoms with Crippen LogP contribution in [0.15, 0.2) is 18.3 Å². The summed E-state index contributed by atoms with van der Waals surface area (Å²) in [5.74, 6) is 0.484. The van der Waals surface area contributed by atoms with Gasteiger partial charge in [-0.3, -0.25) is 4.98 Å². The van der Waals surface area contributed by atoms with Crippen molar-refractivity contribution in [2.45, 2.75) is 68.9 Å². The van der Waals surface area contributed by atoms with Crippen LogP contribution >= 0.6 is 0 Å². The second kappa shape index (κ2) is 6.45. The molecule has 0 amide bonds. The highest BCUT2D eigenvalue weighted by molar-refractivity contribution is 5.28. The van der Waals surface area contributed by atoms with Gasteiger partial charge in [0.05, 0.1) is 5.60 Å².